The highest BCUT2D eigenvalue weighted by atomic mass is 32.2. The van der Waals surface area contributed by atoms with E-state index in [1.165, 1.54) is 11.8 Å². The Bertz CT molecular complexity index is 821. The van der Waals surface area contributed by atoms with Crippen LogP contribution in [0.2, 0.25) is 0 Å². The van der Waals surface area contributed by atoms with Crippen molar-refractivity contribution in [1.82, 2.24) is 14.8 Å². The lowest BCUT2D eigenvalue weighted by Gasteiger charge is -2.08. The number of carbonyl (C=O) groups excluding carboxylic acids is 1. The standard InChI is InChI=1S/C15H16FN5O3S/c1-2-20-14(9-3-4-9)18-19-15(20)25-8-13(22)17-12-7-10(21(23)24)5-6-11(12)16/h5-7,9H,2-4,8H2,1H3,(H,17,22). The summed E-state index contributed by atoms with van der Waals surface area (Å²) in [4.78, 5) is 22.1. The second-order valence-corrected chi connectivity index (χ2v) is 6.56. The van der Waals surface area contributed by atoms with Gasteiger partial charge in [-0.25, -0.2) is 4.39 Å². The van der Waals surface area contributed by atoms with E-state index in [1.807, 2.05) is 11.5 Å². The lowest BCUT2D eigenvalue weighted by molar-refractivity contribution is -0.384. The predicted molar refractivity (Wildman–Crippen MR) is 90.1 cm³/mol. The molecule has 10 heteroatoms. The number of hydrogen-bond donors (Lipinski definition) is 1. The third-order valence-electron chi connectivity index (χ3n) is 3.77. The van der Waals surface area contributed by atoms with E-state index >= 15 is 0 Å². The van der Waals surface area contributed by atoms with E-state index in [2.05, 4.69) is 15.5 Å². The summed E-state index contributed by atoms with van der Waals surface area (Å²) in [7, 11) is 0. The van der Waals surface area contributed by atoms with Crippen molar-refractivity contribution >= 4 is 29.0 Å². The summed E-state index contributed by atoms with van der Waals surface area (Å²) in [6.07, 6.45) is 2.21. The molecule has 1 N–H and O–H groups in total. The largest absolute Gasteiger partial charge is 0.323 e. The molecule has 8 nitrogen and oxygen atoms in total. The number of hydrogen-bond acceptors (Lipinski definition) is 6. The molecule has 0 saturated heterocycles. The van der Waals surface area contributed by atoms with Gasteiger partial charge in [0, 0.05) is 24.6 Å². The summed E-state index contributed by atoms with van der Waals surface area (Å²) in [6.45, 7) is 2.69. The average Bonchev–Trinajstić information content (AvgIpc) is 3.34. The van der Waals surface area contributed by atoms with Crippen LogP contribution in [0, 0.1) is 15.9 Å². The van der Waals surface area contributed by atoms with Crippen LogP contribution in [0.4, 0.5) is 15.8 Å². The van der Waals surface area contributed by atoms with E-state index in [0.29, 0.717) is 17.6 Å². The molecular weight excluding hydrogens is 349 g/mol. The number of nitro groups is 1. The van der Waals surface area contributed by atoms with Crippen molar-refractivity contribution < 1.29 is 14.1 Å². The molecule has 1 aromatic heterocycles. The zero-order valence-electron chi connectivity index (χ0n) is 13.4. The van der Waals surface area contributed by atoms with Crippen molar-refractivity contribution in [2.45, 2.75) is 37.4 Å². The van der Waals surface area contributed by atoms with Gasteiger partial charge in [0.2, 0.25) is 5.91 Å². The number of amides is 1. The van der Waals surface area contributed by atoms with Crippen LogP contribution >= 0.6 is 11.8 Å². The monoisotopic (exact) mass is 365 g/mol. The minimum Gasteiger partial charge on any atom is -0.323 e. The van der Waals surface area contributed by atoms with Crippen LogP contribution in [-0.4, -0.2) is 31.3 Å². The van der Waals surface area contributed by atoms with Crippen molar-refractivity contribution in [1.29, 1.82) is 0 Å². The maximum Gasteiger partial charge on any atom is 0.271 e. The number of benzene rings is 1. The molecule has 2 aromatic rings. The SMILES string of the molecule is CCn1c(SCC(=O)Nc2cc([N+](=O)[O-])ccc2F)nnc1C1CC1. The van der Waals surface area contributed by atoms with E-state index in [1.54, 1.807) is 0 Å². The number of non-ortho nitro benzene ring substituents is 1. The van der Waals surface area contributed by atoms with Crippen molar-refractivity contribution in [2.75, 3.05) is 11.1 Å². The van der Waals surface area contributed by atoms with Gasteiger partial charge in [0.05, 0.1) is 16.4 Å². The molecule has 1 amide bonds. The Morgan fingerprint density at radius 1 is 1.48 bits per heavy atom. The highest BCUT2D eigenvalue weighted by Crippen LogP contribution is 2.40. The van der Waals surface area contributed by atoms with Crippen LogP contribution in [0.15, 0.2) is 23.4 Å². The summed E-state index contributed by atoms with van der Waals surface area (Å²) in [5.74, 6) is 0.203. The zero-order valence-corrected chi connectivity index (χ0v) is 14.3. The zero-order chi connectivity index (χ0) is 18.0. The molecule has 25 heavy (non-hydrogen) atoms. The van der Waals surface area contributed by atoms with Crippen molar-refractivity contribution in [3.63, 3.8) is 0 Å². The van der Waals surface area contributed by atoms with Gasteiger partial charge in [0.15, 0.2) is 5.16 Å². The van der Waals surface area contributed by atoms with Gasteiger partial charge in [0.25, 0.3) is 5.69 Å². The van der Waals surface area contributed by atoms with E-state index in [0.717, 1.165) is 36.9 Å². The molecule has 1 fully saturated rings. The third-order valence-corrected chi connectivity index (χ3v) is 4.74. The number of nitrogens with one attached hydrogen (secondary N) is 1. The molecule has 0 unspecified atom stereocenters. The molecule has 1 aliphatic rings. The van der Waals surface area contributed by atoms with Crippen LogP contribution < -0.4 is 5.32 Å². The molecule has 1 saturated carbocycles. The summed E-state index contributed by atoms with van der Waals surface area (Å²) in [5.41, 5.74) is -0.500. The molecule has 0 atom stereocenters. The number of nitrogens with zero attached hydrogens (tertiary/aromatic N) is 4. The van der Waals surface area contributed by atoms with Crippen LogP contribution in [0.1, 0.15) is 31.5 Å². The first-order valence-corrected chi connectivity index (χ1v) is 8.77. The molecule has 0 aliphatic heterocycles. The lowest BCUT2D eigenvalue weighted by Crippen LogP contribution is -2.16. The Labute approximate surface area is 147 Å². The molecule has 0 bridgehead atoms. The second kappa shape index (κ2) is 7.18. The van der Waals surface area contributed by atoms with E-state index in [4.69, 9.17) is 0 Å². The Kier molecular flexibility index (Phi) is 4.98. The highest BCUT2D eigenvalue weighted by molar-refractivity contribution is 7.99. The summed E-state index contributed by atoms with van der Waals surface area (Å²) >= 11 is 1.20. The Hall–Kier alpha value is -2.49. The molecule has 1 aromatic carbocycles. The predicted octanol–water partition coefficient (Wildman–Crippen LogP) is 2.95. The Balaban J connectivity index is 1.64. The molecule has 0 spiro atoms. The van der Waals surface area contributed by atoms with Gasteiger partial charge in [0.1, 0.15) is 11.6 Å². The van der Waals surface area contributed by atoms with E-state index < -0.39 is 16.6 Å². The molecule has 132 valence electrons. The first kappa shape index (κ1) is 17.3. The minimum atomic E-state index is -0.725. The normalized spacial score (nSPS) is 13.7. The summed E-state index contributed by atoms with van der Waals surface area (Å²) in [5, 5.41) is 22.0. The Morgan fingerprint density at radius 3 is 2.88 bits per heavy atom. The number of halogens is 1. The first-order chi connectivity index (χ1) is 12.0. The van der Waals surface area contributed by atoms with Gasteiger partial charge in [-0.2, -0.15) is 0 Å². The van der Waals surface area contributed by atoms with Crippen LogP contribution in [0.3, 0.4) is 0 Å². The number of nitro benzene ring substituents is 1. The third kappa shape index (κ3) is 3.95. The van der Waals surface area contributed by atoms with Crippen LogP contribution in [0.25, 0.3) is 0 Å². The van der Waals surface area contributed by atoms with Crippen molar-refractivity contribution in [3.8, 4) is 0 Å². The van der Waals surface area contributed by atoms with Crippen molar-refractivity contribution in [2.24, 2.45) is 0 Å². The fraction of sp³-hybridized carbons (Fsp3) is 0.400. The molecular formula is C15H16FN5O3S. The van der Waals surface area contributed by atoms with Gasteiger partial charge in [-0.05, 0) is 25.8 Å². The number of rotatable bonds is 7. The van der Waals surface area contributed by atoms with Crippen LogP contribution in [-0.2, 0) is 11.3 Å². The molecule has 0 radical (unpaired) electrons. The maximum atomic E-state index is 13.7. The van der Waals surface area contributed by atoms with Gasteiger partial charge >= 0.3 is 0 Å². The number of aromatic nitrogens is 3. The van der Waals surface area contributed by atoms with Gasteiger partial charge < -0.3 is 9.88 Å². The molecule has 1 aliphatic carbocycles. The smallest absolute Gasteiger partial charge is 0.271 e. The fourth-order valence-corrected chi connectivity index (χ4v) is 3.20. The quantitative estimate of drug-likeness (QED) is 0.460. The van der Waals surface area contributed by atoms with E-state index in [-0.39, 0.29) is 17.1 Å². The second-order valence-electron chi connectivity index (χ2n) is 5.62. The number of thioether (sulfide) groups is 1. The number of carbonyl (C=O) groups is 1. The average molecular weight is 365 g/mol. The summed E-state index contributed by atoms with van der Waals surface area (Å²) in [6, 6.07) is 3.00. The summed E-state index contributed by atoms with van der Waals surface area (Å²) < 4.78 is 15.7. The first-order valence-electron chi connectivity index (χ1n) is 7.79. The number of anilines is 1. The lowest BCUT2D eigenvalue weighted by atomic mass is 10.2. The maximum absolute atomic E-state index is 13.7. The fourth-order valence-electron chi connectivity index (χ4n) is 2.39. The topological polar surface area (TPSA) is 103 Å². The highest BCUT2D eigenvalue weighted by Gasteiger charge is 2.30. The van der Waals surface area contributed by atoms with Gasteiger partial charge in [-0.3, -0.25) is 14.9 Å². The Morgan fingerprint density at radius 2 is 2.24 bits per heavy atom. The van der Waals surface area contributed by atoms with Crippen molar-refractivity contribution in [3.05, 3.63) is 40.0 Å². The minimum absolute atomic E-state index is 0.00489. The van der Waals surface area contributed by atoms with Crippen LogP contribution in [0.5, 0.6) is 0 Å². The molecule has 1 heterocycles. The molecule has 3 rings (SSSR count). The van der Waals surface area contributed by atoms with Gasteiger partial charge in [-0.1, -0.05) is 11.8 Å². The van der Waals surface area contributed by atoms with Gasteiger partial charge in [-0.15, -0.1) is 10.2 Å². The van der Waals surface area contributed by atoms with E-state index in [9.17, 15) is 19.3 Å².